The molecule has 2 nitrogen and oxygen atoms in total. The zero-order valence-electron chi connectivity index (χ0n) is 54.7. The quantitative estimate of drug-likeness (QED) is 0.120. The molecule has 15 aromatic carbocycles. The topological polar surface area (TPSA) is 6.48 Å². The molecule has 0 aromatic heterocycles. The first-order valence-electron chi connectivity index (χ1n) is 34.4. The largest absolute Gasteiger partial charge is 0.310 e. The van der Waals surface area contributed by atoms with Crippen LogP contribution in [0.2, 0.25) is 0 Å². The highest BCUT2D eigenvalue weighted by molar-refractivity contribution is 5.99. The van der Waals surface area contributed by atoms with Crippen LogP contribution in [0.3, 0.4) is 0 Å². The molecule has 0 bridgehead atoms. The van der Waals surface area contributed by atoms with Crippen molar-refractivity contribution in [1.82, 2.24) is 0 Å². The average molecular weight is 1250 g/mol. The number of nitrogens with zero attached hydrogens (tertiary/aromatic N) is 2. The Balaban J connectivity index is 0.878. The van der Waals surface area contributed by atoms with Gasteiger partial charge >= 0.3 is 0 Å². The summed E-state index contributed by atoms with van der Waals surface area (Å²) >= 11 is 0. The fourth-order valence-corrected chi connectivity index (χ4v) is 18.3. The minimum atomic E-state index is -0.637. The average Bonchev–Trinajstić information content (AvgIpc) is 1.54. The van der Waals surface area contributed by atoms with E-state index in [2.05, 4.69) is 400 Å². The number of benzene rings is 15. The third-order valence-corrected chi connectivity index (χ3v) is 22.3. The molecule has 0 N–H and O–H groups in total. The minimum absolute atomic E-state index is 0.241. The third kappa shape index (κ3) is 8.09. The summed E-state index contributed by atoms with van der Waals surface area (Å²) in [5.41, 5.74) is 32.0. The van der Waals surface area contributed by atoms with Gasteiger partial charge in [-0.3, -0.25) is 0 Å². The second kappa shape index (κ2) is 22.2. The van der Waals surface area contributed by atoms with Gasteiger partial charge in [-0.25, -0.2) is 0 Å². The van der Waals surface area contributed by atoms with E-state index in [0.29, 0.717) is 0 Å². The molecular formula is C96H68N2. The summed E-state index contributed by atoms with van der Waals surface area (Å²) < 4.78 is 0. The number of hydrogen-bond acceptors (Lipinski definition) is 2. The van der Waals surface area contributed by atoms with E-state index < -0.39 is 16.2 Å². The predicted molar refractivity (Wildman–Crippen MR) is 405 cm³/mol. The van der Waals surface area contributed by atoms with Gasteiger partial charge in [0.05, 0.1) is 21.9 Å². The van der Waals surface area contributed by atoms with E-state index in [0.717, 1.165) is 34.1 Å². The summed E-state index contributed by atoms with van der Waals surface area (Å²) in [6.45, 7) is 4.78. The number of fused-ring (bicyclic) bond motifs is 12. The molecule has 0 unspecified atom stereocenters. The first-order chi connectivity index (χ1) is 48.4. The minimum Gasteiger partial charge on any atom is -0.310 e. The molecule has 462 valence electrons. The predicted octanol–water partition coefficient (Wildman–Crippen LogP) is 24.0. The van der Waals surface area contributed by atoms with Gasteiger partial charge in [0.1, 0.15) is 0 Å². The Morgan fingerprint density at radius 3 is 1.02 bits per heavy atom. The molecule has 0 aliphatic heterocycles. The molecule has 0 fully saturated rings. The Morgan fingerprint density at radius 2 is 0.500 bits per heavy atom. The number of rotatable bonds is 12. The first-order valence-corrected chi connectivity index (χ1v) is 34.4. The van der Waals surface area contributed by atoms with Gasteiger partial charge in [0.15, 0.2) is 0 Å². The van der Waals surface area contributed by atoms with Crippen molar-refractivity contribution in [2.45, 2.75) is 35.5 Å². The van der Waals surface area contributed by atoms with Gasteiger partial charge in [-0.15, -0.1) is 0 Å². The molecule has 0 saturated heterocycles. The van der Waals surface area contributed by atoms with Crippen LogP contribution in [0.25, 0.3) is 44.5 Å². The van der Waals surface area contributed by atoms with Crippen molar-refractivity contribution in [3.8, 4) is 44.5 Å². The molecule has 15 aromatic rings. The monoisotopic (exact) mass is 1250 g/mol. The van der Waals surface area contributed by atoms with E-state index in [-0.39, 0.29) is 5.41 Å². The molecule has 98 heavy (non-hydrogen) atoms. The van der Waals surface area contributed by atoms with Crippen LogP contribution >= 0.6 is 0 Å². The summed E-state index contributed by atoms with van der Waals surface area (Å²) in [6.07, 6.45) is 0. The van der Waals surface area contributed by atoms with Crippen molar-refractivity contribution in [3.63, 3.8) is 0 Å². The Bertz CT molecular complexity index is 5490. The maximum atomic E-state index is 2.58. The molecule has 0 radical (unpaired) electrons. The van der Waals surface area contributed by atoms with E-state index in [1.54, 1.807) is 0 Å². The van der Waals surface area contributed by atoms with Crippen molar-refractivity contribution in [2.24, 2.45) is 0 Å². The fourth-order valence-electron chi connectivity index (χ4n) is 18.3. The van der Waals surface area contributed by atoms with Gasteiger partial charge < -0.3 is 9.80 Å². The van der Waals surface area contributed by atoms with Gasteiger partial charge in [0.2, 0.25) is 0 Å². The molecule has 2 heteroatoms. The second-order valence-corrected chi connectivity index (χ2v) is 27.3. The Labute approximate surface area is 574 Å². The first kappa shape index (κ1) is 57.4. The normalized spacial score (nSPS) is 14.6. The lowest BCUT2D eigenvalue weighted by atomic mass is 9.67. The van der Waals surface area contributed by atoms with E-state index >= 15 is 0 Å². The maximum absolute atomic E-state index is 2.58. The Hall–Kier alpha value is -12.1. The standard InChI is InChI=1S/C96H68N2/c1-93(2)83-50-23-18-45-76(83)80-59-57-75(64-90(80)93)97(74-58-60-88-82(63-74)79-48-21-26-53-86(79)94(88,65-31-8-3-9-32-65)66-33-10-4-11-34-66)72-43-29-44-73(62-72)98(71-42-28-41-70(61-71)96(69-39-16-7-17-40-69)84-51-24-19-46-77(84)78-47-20-25-52-85(78)96)91-56-30-55-89-92(91)81-49-22-27-54-87(81)95(89,67-35-12-5-13-36-67)68-37-14-6-15-38-68/h3-64H,1-2H3. The molecule has 0 spiro atoms. The fraction of sp³-hybridized carbons (Fsp3) is 0.0625. The van der Waals surface area contributed by atoms with Crippen LogP contribution < -0.4 is 9.80 Å². The molecule has 0 saturated carbocycles. The zero-order valence-corrected chi connectivity index (χ0v) is 54.7. The van der Waals surface area contributed by atoms with Gasteiger partial charge in [0.25, 0.3) is 0 Å². The van der Waals surface area contributed by atoms with Crippen molar-refractivity contribution < 1.29 is 0 Å². The molecular weight excluding hydrogens is 1180 g/mol. The SMILES string of the molecule is CC1(C)c2ccccc2-c2ccc(N(c3cccc(N(c4cccc(C5(c6ccccc6)c6ccccc6-c6ccccc65)c4)c4cccc5c4-c4ccccc4C5(c4ccccc4)c4ccccc4)c3)c3ccc4c(c3)-c3ccccc3C4(c3ccccc3)c3ccccc3)cc21. The third-order valence-electron chi connectivity index (χ3n) is 22.3. The van der Waals surface area contributed by atoms with E-state index in [9.17, 15) is 0 Å². The van der Waals surface area contributed by atoms with Gasteiger partial charge in [-0.2, -0.15) is 0 Å². The van der Waals surface area contributed by atoms with Crippen LogP contribution in [0.1, 0.15) is 91.7 Å². The van der Waals surface area contributed by atoms with Crippen LogP contribution in [0, 0.1) is 0 Å². The molecule has 19 rings (SSSR count). The number of hydrogen-bond donors (Lipinski definition) is 0. The van der Waals surface area contributed by atoms with Crippen LogP contribution in [-0.4, -0.2) is 0 Å². The lowest BCUT2D eigenvalue weighted by Gasteiger charge is -2.36. The highest BCUT2D eigenvalue weighted by Gasteiger charge is 2.50. The van der Waals surface area contributed by atoms with Crippen LogP contribution in [0.4, 0.5) is 34.1 Å². The van der Waals surface area contributed by atoms with Crippen molar-refractivity contribution in [1.29, 1.82) is 0 Å². The molecule has 4 aliphatic carbocycles. The molecule has 0 atom stereocenters. The smallest absolute Gasteiger partial charge is 0.0714 e. The van der Waals surface area contributed by atoms with Gasteiger partial charge in [-0.1, -0.05) is 329 Å². The Morgan fingerprint density at radius 1 is 0.184 bits per heavy atom. The van der Waals surface area contributed by atoms with Gasteiger partial charge in [-0.05, 0) is 177 Å². The lowest BCUT2D eigenvalue weighted by molar-refractivity contribution is 0.660. The van der Waals surface area contributed by atoms with Gasteiger partial charge in [0, 0.05) is 39.4 Å². The summed E-state index contributed by atoms with van der Waals surface area (Å²) in [6, 6.07) is 142. The summed E-state index contributed by atoms with van der Waals surface area (Å²) in [7, 11) is 0. The Kier molecular flexibility index (Phi) is 13.0. The van der Waals surface area contributed by atoms with Crippen molar-refractivity contribution in [3.05, 3.63) is 454 Å². The maximum Gasteiger partial charge on any atom is 0.0714 e. The van der Waals surface area contributed by atoms with E-state index in [1.807, 2.05) is 0 Å². The van der Waals surface area contributed by atoms with Crippen molar-refractivity contribution >= 4 is 34.1 Å². The molecule has 0 amide bonds. The molecule has 0 heterocycles. The summed E-state index contributed by atoms with van der Waals surface area (Å²) in [5, 5.41) is 0. The zero-order chi connectivity index (χ0) is 65.2. The second-order valence-electron chi connectivity index (χ2n) is 27.3. The highest BCUT2D eigenvalue weighted by Crippen LogP contribution is 2.63. The van der Waals surface area contributed by atoms with E-state index in [4.69, 9.17) is 0 Å². The molecule has 4 aliphatic rings. The van der Waals surface area contributed by atoms with Crippen LogP contribution in [-0.2, 0) is 21.7 Å². The van der Waals surface area contributed by atoms with Crippen LogP contribution in [0.15, 0.2) is 376 Å². The van der Waals surface area contributed by atoms with Crippen LogP contribution in [0.5, 0.6) is 0 Å². The highest BCUT2D eigenvalue weighted by atomic mass is 15.2. The lowest BCUT2D eigenvalue weighted by Crippen LogP contribution is -2.29. The van der Waals surface area contributed by atoms with Crippen molar-refractivity contribution in [2.75, 3.05) is 9.80 Å². The number of anilines is 6. The summed E-state index contributed by atoms with van der Waals surface area (Å²) in [5.74, 6) is 0. The summed E-state index contributed by atoms with van der Waals surface area (Å²) in [4.78, 5) is 5.11. The van der Waals surface area contributed by atoms with E-state index in [1.165, 1.54) is 122 Å².